The van der Waals surface area contributed by atoms with Crippen LogP contribution in [0.5, 0.6) is 0 Å². The normalized spacial score (nSPS) is 14.3. The Morgan fingerprint density at radius 3 is 2.79 bits per heavy atom. The molecule has 4 rings (SSSR count). The molecule has 0 bridgehead atoms. The van der Waals surface area contributed by atoms with Crippen LogP contribution >= 0.6 is 23.1 Å². The Morgan fingerprint density at radius 2 is 2.07 bits per heavy atom. The van der Waals surface area contributed by atoms with E-state index >= 15 is 0 Å². The Morgan fingerprint density at radius 1 is 1.31 bits per heavy atom. The number of allylic oxidation sites excluding steroid dienone is 1. The van der Waals surface area contributed by atoms with Crippen LogP contribution in [0.3, 0.4) is 0 Å². The van der Waals surface area contributed by atoms with E-state index in [0.29, 0.717) is 28.0 Å². The van der Waals surface area contributed by atoms with Crippen molar-refractivity contribution in [2.75, 3.05) is 5.75 Å². The van der Waals surface area contributed by atoms with Gasteiger partial charge in [0.25, 0.3) is 5.56 Å². The molecule has 0 unspecified atom stereocenters. The zero-order chi connectivity index (χ0) is 20.2. The molecule has 3 aromatic rings. The molecule has 7 heteroatoms. The Bertz CT molecular complexity index is 1080. The lowest BCUT2D eigenvalue weighted by Crippen LogP contribution is -2.34. The Hall–Kier alpha value is -2.38. The van der Waals surface area contributed by atoms with Crippen LogP contribution in [0.25, 0.3) is 20.7 Å². The number of amides is 1. The van der Waals surface area contributed by atoms with Crippen LogP contribution in [0.1, 0.15) is 25.7 Å². The second-order valence-corrected chi connectivity index (χ2v) is 9.11. The molecule has 0 saturated heterocycles. The number of carbonyl (C=O) groups excluding carboxylic acids is 1. The standard InChI is InChI=1S/C22H23N3O2S2/c1-2-12-25-21(27)17-13-18(15-8-4-3-5-9-15)29-20(17)24-22(25)28-14-19(26)23-16-10-6-7-11-16/h2-5,8-9,13,16H,1,6-7,10-12,14H2,(H,23,26). The van der Waals surface area contributed by atoms with Gasteiger partial charge in [-0.05, 0) is 24.5 Å². The third-order valence-electron chi connectivity index (χ3n) is 5.04. The molecule has 1 N–H and O–H groups in total. The summed E-state index contributed by atoms with van der Waals surface area (Å²) in [6.07, 6.45) is 6.15. The third-order valence-corrected chi connectivity index (χ3v) is 7.09. The fourth-order valence-corrected chi connectivity index (χ4v) is 5.51. The van der Waals surface area contributed by atoms with Gasteiger partial charge in [0.2, 0.25) is 5.91 Å². The highest BCUT2D eigenvalue weighted by Gasteiger charge is 2.19. The Labute approximate surface area is 177 Å². The first-order valence-corrected chi connectivity index (χ1v) is 11.6. The highest BCUT2D eigenvalue weighted by atomic mass is 32.2. The minimum Gasteiger partial charge on any atom is -0.353 e. The van der Waals surface area contributed by atoms with Crippen LogP contribution in [-0.4, -0.2) is 27.3 Å². The van der Waals surface area contributed by atoms with Crippen molar-refractivity contribution in [1.82, 2.24) is 14.9 Å². The van der Waals surface area contributed by atoms with E-state index in [9.17, 15) is 9.59 Å². The lowest BCUT2D eigenvalue weighted by atomic mass is 10.2. The van der Waals surface area contributed by atoms with Gasteiger partial charge < -0.3 is 5.32 Å². The minimum atomic E-state index is -0.0907. The van der Waals surface area contributed by atoms with Gasteiger partial charge in [-0.25, -0.2) is 4.98 Å². The molecule has 1 aromatic carbocycles. The summed E-state index contributed by atoms with van der Waals surface area (Å²) in [5.41, 5.74) is 0.974. The maximum atomic E-state index is 13.1. The highest BCUT2D eigenvalue weighted by Crippen LogP contribution is 2.32. The molecule has 2 heterocycles. The van der Waals surface area contributed by atoms with Crippen LogP contribution in [0.2, 0.25) is 0 Å². The van der Waals surface area contributed by atoms with Crippen molar-refractivity contribution in [3.63, 3.8) is 0 Å². The van der Waals surface area contributed by atoms with Gasteiger partial charge in [0.15, 0.2) is 5.16 Å². The first kappa shape index (κ1) is 19.9. The topological polar surface area (TPSA) is 64.0 Å². The summed E-state index contributed by atoms with van der Waals surface area (Å²) in [7, 11) is 0. The van der Waals surface area contributed by atoms with Crippen molar-refractivity contribution in [2.45, 2.75) is 43.4 Å². The van der Waals surface area contributed by atoms with E-state index in [4.69, 9.17) is 4.98 Å². The van der Waals surface area contributed by atoms with Gasteiger partial charge in [-0.15, -0.1) is 17.9 Å². The number of fused-ring (bicyclic) bond motifs is 1. The molecule has 2 aromatic heterocycles. The number of hydrogen-bond acceptors (Lipinski definition) is 5. The minimum absolute atomic E-state index is 0.00227. The van der Waals surface area contributed by atoms with Crippen molar-refractivity contribution in [2.24, 2.45) is 0 Å². The van der Waals surface area contributed by atoms with Gasteiger partial charge >= 0.3 is 0 Å². The SMILES string of the molecule is C=CCn1c(SCC(=O)NC2CCCC2)nc2sc(-c3ccccc3)cc2c1=O. The van der Waals surface area contributed by atoms with Gasteiger partial charge in [0, 0.05) is 17.5 Å². The molecular weight excluding hydrogens is 402 g/mol. The number of aromatic nitrogens is 2. The summed E-state index contributed by atoms with van der Waals surface area (Å²) in [6, 6.07) is 12.2. The van der Waals surface area contributed by atoms with Gasteiger partial charge in [-0.3, -0.25) is 14.2 Å². The molecule has 1 saturated carbocycles. The molecule has 150 valence electrons. The zero-order valence-electron chi connectivity index (χ0n) is 16.1. The Balaban J connectivity index is 1.61. The maximum absolute atomic E-state index is 13.1. The average molecular weight is 426 g/mol. The Kier molecular flexibility index (Phi) is 6.16. The molecule has 29 heavy (non-hydrogen) atoms. The van der Waals surface area contributed by atoms with Crippen LogP contribution < -0.4 is 10.9 Å². The molecular formula is C22H23N3O2S2. The van der Waals surface area contributed by atoms with E-state index < -0.39 is 0 Å². The summed E-state index contributed by atoms with van der Waals surface area (Å²) in [5, 5.41) is 4.25. The smallest absolute Gasteiger partial charge is 0.263 e. The summed E-state index contributed by atoms with van der Waals surface area (Å²) in [4.78, 5) is 31.8. The lowest BCUT2D eigenvalue weighted by Gasteiger charge is -2.13. The number of rotatable bonds is 7. The summed E-state index contributed by atoms with van der Waals surface area (Å²) >= 11 is 2.81. The van der Waals surface area contributed by atoms with Gasteiger partial charge in [-0.1, -0.05) is 61.0 Å². The van der Waals surface area contributed by atoms with Crippen molar-refractivity contribution in [1.29, 1.82) is 0 Å². The van der Waals surface area contributed by atoms with Crippen molar-refractivity contribution < 1.29 is 4.79 Å². The molecule has 0 radical (unpaired) electrons. The zero-order valence-corrected chi connectivity index (χ0v) is 17.7. The van der Waals surface area contributed by atoms with Crippen LogP contribution in [-0.2, 0) is 11.3 Å². The second kappa shape index (κ2) is 8.97. The second-order valence-electron chi connectivity index (χ2n) is 7.13. The monoisotopic (exact) mass is 425 g/mol. The quantitative estimate of drug-likeness (QED) is 0.345. The number of benzene rings is 1. The fraction of sp³-hybridized carbons (Fsp3) is 0.318. The summed E-state index contributed by atoms with van der Waals surface area (Å²) < 4.78 is 1.60. The van der Waals surface area contributed by atoms with Crippen molar-refractivity contribution in [3.8, 4) is 10.4 Å². The van der Waals surface area contributed by atoms with Crippen LogP contribution in [0, 0.1) is 0 Å². The summed E-state index contributed by atoms with van der Waals surface area (Å²) in [5.74, 6) is 0.250. The number of hydrogen-bond donors (Lipinski definition) is 1. The molecule has 1 aliphatic rings. The van der Waals surface area contributed by atoms with Gasteiger partial charge in [0.1, 0.15) is 4.83 Å². The molecule has 1 fully saturated rings. The molecule has 0 spiro atoms. The number of nitrogens with zero attached hydrogens (tertiary/aromatic N) is 2. The number of carbonyl (C=O) groups is 1. The maximum Gasteiger partial charge on any atom is 0.263 e. The van der Waals surface area contributed by atoms with E-state index in [2.05, 4.69) is 11.9 Å². The predicted octanol–water partition coefficient (Wildman–Crippen LogP) is 4.46. The van der Waals surface area contributed by atoms with E-state index in [0.717, 1.165) is 23.3 Å². The molecule has 0 atom stereocenters. The van der Waals surface area contributed by atoms with Gasteiger partial charge in [-0.2, -0.15) is 0 Å². The van der Waals surface area contributed by atoms with E-state index in [1.165, 1.54) is 35.9 Å². The molecule has 1 aliphatic carbocycles. The van der Waals surface area contributed by atoms with Crippen molar-refractivity contribution in [3.05, 3.63) is 59.4 Å². The van der Waals surface area contributed by atoms with E-state index in [-0.39, 0.29) is 17.2 Å². The number of thioether (sulfide) groups is 1. The van der Waals surface area contributed by atoms with Gasteiger partial charge in [0.05, 0.1) is 11.1 Å². The first-order valence-electron chi connectivity index (χ1n) is 9.78. The number of nitrogens with one attached hydrogen (secondary N) is 1. The van der Waals surface area contributed by atoms with Crippen molar-refractivity contribution >= 4 is 39.2 Å². The largest absolute Gasteiger partial charge is 0.353 e. The molecule has 0 aliphatic heterocycles. The first-order chi connectivity index (χ1) is 14.2. The lowest BCUT2D eigenvalue weighted by molar-refractivity contribution is -0.119. The molecule has 1 amide bonds. The van der Waals surface area contributed by atoms with Crippen LogP contribution in [0.15, 0.2) is 59.0 Å². The fourth-order valence-electron chi connectivity index (χ4n) is 3.61. The third kappa shape index (κ3) is 4.46. The average Bonchev–Trinajstić information content (AvgIpc) is 3.39. The predicted molar refractivity (Wildman–Crippen MR) is 121 cm³/mol. The van der Waals surface area contributed by atoms with Crippen LogP contribution in [0.4, 0.5) is 0 Å². The number of thiophene rings is 1. The highest BCUT2D eigenvalue weighted by molar-refractivity contribution is 7.99. The summed E-state index contributed by atoms with van der Waals surface area (Å²) in [6.45, 7) is 4.13. The van der Waals surface area contributed by atoms with E-state index in [1.807, 2.05) is 36.4 Å². The molecule has 5 nitrogen and oxygen atoms in total. The van der Waals surface area contributed by atoms with E-state index in [1.54, 1.807) is 10.6 Å².